The van der Waals surface area contributed by atoms with Crippen LogP contribution in [-0.2, 0) is 22.4 Å². The highest BCUT2D eigenvalue weighted by Crippen LogP contribution is 2.28. The number of hydrogen-bond donors (Lipinski definition) is 1. The fraction of sp³-hybridized carbons (Fsp3) is 0.421. The maximum atomic E-state index is 13.7. The summed E-state index contributed by atoms with van der Waals surface area (Å²) in [6.45, 7) is 0.466. The smallest absolute Gasteiger partial charge is 0.328 e. The topological polar surface area (TPSA) is 84.7 Å². The predicted octanol–water partition coefficient (Wildman–Crippen LogP) is 1.82. The van der Waals surface area contributed by atoms with Gasteiger partial charge in [0, 0.05) is 17.8 Å². The molecule has 1 amide bonds. The summed E-state index contributed by atoms with van der Waals surface area (Å²) in [4.78, 5) is 26.0. The minimum absolute atomic E-state index is 0.0339. The van der Waals surface area contributed by atoms with Crippen molar-refractivity contribution in [2.24, 2.45) is 0 Å². The second-order valence-corrected chi connectivity index (χ2v) is 6.80. The van der Waals surface area contributed by atoms with Crippen molar-refractivity contribution in [2.75, 3.05) is 19.8 Å². The maximum Gasteiger partial charge on any atom is 0.328 e. The summed E-state index contributed by atoms with van der Waals surface area (Å²) in [5, 5.41) is 13.9. The summed E-state index contributed by atoms with van der Waals surface area (Å²) >= 11 is 0. The van der Waals surface area contributed by atoms with Gasteiger partial charge in [0.15, 0.2) is 11.7 Å². The second kappa shape index (κ2) is 7.11. The number of ether oxygens (including phenoxy) is 1. The summed E-state index contributed by atoms with van der Waals surface area (Å²) in [7, 11) is 0. The molecule has 4 rings (SSSR count). The van der Waals surface area contributed by atoms with Gasteiger partial charge in [-0.2, -0.15) is 5.10 Å². The molecule has 7 nitrogen and oxygen atoms in total. The first-order valence-electron chi connectivity index (χ1n) is 9.04. The van der Waals surface area contributed by atoms with E-state index in [0.717, 1.165) is 30.5 Å². The van der Waals surface area contributed by atoms with E-state index in [-0.39, 0.29) is 24.7 Å². The van der Waals surface area contributed by atoms with Crippen LogP contribution >= 0.6 is 0 Å². The minimum Gasteiger partial charge on any atom is -0.480 e. The van der Waals surface area contributed by atoms with Crippen LogP contribution in [0.25, 0.3) is 5.69 Å². The van der Waals surface area contributed by atoms with Crippen molar-refractivity contribution in [2.45, 2.75) is 31.7 Å². The number of carboxylic acid groups (broad SMARTS) is 1. The molecule has 1 aliphatic carbocycles. The molecule has 1 fully saturated rings. The zero-order valence-corrected chi connectivity index (χ0v) is 14.7. The van der Waals surface area contributed by atoms with Crippen molar-refractivity contribution in [3.8, 4) is 5.69 Å². The van der Waals surface area contributed by atoms with Gasteiger partial charge >= 0.3 is 5.97 Å². The first-order valence-corrected chi connectivity index (χ1v) is 9.04. The average molecular weight is 373 g/mol. The van der Waals surface area contributed by atoms with Crippen molar-refractivity contribution in [3.05, 3.63) is 47.0 Å². The van der Waals surface area contributed by atoms with Gasteiger partial charge in [0.1, 0.15) is 5.82 Å². The zero-order valence-electron chi connectivity index (χ0n) is 14.7. The molecule has 8 heteroatoms. The van der Waals surface area contributed by atoms with Crippen LogP contribution in [0.3, 0.4) is 0 Å². The predicted molar refractivity (Wildman–Crippen MR) is 93.4 cm³/mol. The van der Waals surface area contributed by atoms with Crippen molar-refractivity contribution >= 4 is 11.9 Å². The number of aliphatic carboxylic acids is 1. The normalized spacial score (nSPS) is 19.6. The number of rotatable bonds is 3. The number of morpholine rings is 1. The Morgan fingerprint density at radius 2 is 2.07 bits per heavy atom. The Balaban J connectivity index is 1.76. The molecule has 1 saturated heterocycles. The minimum atomic E-state index is -1.10. The van der Waals surface area contributed by atoms with Gasteiger partial charge in [-0.15, -0.1) is 0 Å². The monoisotopic (exact) mass is 373 g/mol. The molecule has 0 saturated carbocycles. The van der Waals surface area contributed by atoms with Gasteiger partial charge in [-0.1, -0.05) is 6.07 Å². The summed E-state index contributed by atoms with van der Waals surface area (Å²) < 4.78 is 20.5. The number of nitrogens with zero attached hydrogens (tertiary/aromatic N) is 3. The first-order chi connectivity index (χ1) is 13.1. The quantitative estimate of drug-likeness (QED) is 0.887. The molecule has 0 spiro atoms. The number of carbonyl (C=O) groups excluding carboxylic acids is 1. The SMILES string of the molecule is O=C(O)C1COCCN1C(=O)c1nn(-c2cccc(F)c2)c2c1CCCC2. The molecule has 2 aliphatic rings. The Hall–Kier alpha value is -2.74. The molecule has 1 unspecified atom stereocenters. The summed E-state index contributed by atoms with van der Waals surface area (Å²) in [6, 6.07) is 5.06. The number of hydrogen-bond acceptors (Lipinski definition) is 4. The van der Waals surface area contributed by atoms with Crippen LogP contribution in [0.1, 0.15) is 34.6 Å². The highest BCUT2D eigenvalue weighted by atomic mass is 19.1. The zero-order chi connectivity index (χ0) is 19.0. The molecule has 1 aromatic carbocycles. The van der Waals surface area contributed by atoms with E-state index in [1.54, 1.807) is 16.8 Å². The molecule has 0 radical (unpaired) electrons. The molecule has 2 aromatic rings. The molecule has 1 aromatic heterocycles. The third kappa shape index (κ3) is 3.21. The number of carbonyl (C=O) groups is 2. The van der Waals surface area contributed by atoms with E-state index in [1.165, 1.54) is 17.0 Å². The van der Waals surface area contributed by atoms with Gasteiger partial charge in [-0.3, -0.25) is 4.79 Å². The maximum absolute atomic E-state index is 13.7. The molecular weight excluding hydrogens is 353 g/mol. The Bertz CT molecular complexity index is 895. The van der Waals surface area contributed by atoms with Crippen LogP contribution in [0.5, 0.6) is 0 Å². The van der Waals surface area contributed by atoms with E-state index in [9.17, 15) is 19.1 Å². The van der Waals surface area contributed by atoms with Gasteiger partial charge in [0.25, 0.3) is 5.91 Å². The number of aromatic nitrogens is 2. The van der Waals surface area contributed by atoms with E-state index in [2.05, 4.69) is 5.10 Å². The standard InChI is InChI=1S/C19H20FN3O4/c20-12-4-3-5-13(10-12)23-15-7-2-1-6-14(15)17(21-23)18(24)22-8-9-27-11-16(22)19(25)26/h3-5,10,16H,1-2,6-9,11H2,(H,25,26). The average Bonchev–Trinajstić information content (AvgIpc) is 3.07. The Labute approximate surface area is 155 Å². The number of amides is 1. The molecule has 142 valence electrons. The van der Waals surface area contributed by atoms with Gasteiger partial charge in [-0.05, 0) is 43.9 Å². The van der Waals surface area contributed by atoms with Crippen LogP contribution in [0.2, 0.25) is 0 Å². The van der Waals surface area contributed by atoms with Crippen LogP contribution in [0.4, 0.5) is 4.39 Å². The largest absolute Gasteiger partial charge is 0.480 e. The van der Waals surface area contributed by atoms with Crippen molar-refractivity contribution in [1.82, 2.24) is 14.7 Å². The molecule has 2 heterocycles. The number of carboxylic acids is 1. The summed E-state index contributed by atoms with van der Waals surface area (Å²) in [5.74, 6) is -1.87. The van der Waals surface area contributed by atoms with Crippen LogP contribution in [0, 0.1) is 5.82 Å². The lowest BCUT2D eigenvalue weighted by Crippen LogP contribution is -2.52. The Morgan fingerprint density at radius 3 is 2.85 bits per heavy atom. The van der Waals surface area contributed by atoms with Gasteiger partial charge < -0.3 is 14.7 Å². The molecule has 1 N–H and O–H groups in total. The second-order valence-electron chi connectivity index (χ2n) is 6.80. The van der Waals surface area contributed by atoms with E-state index in [1.807, 2.05) is 0 Å². The van der Waals surface area contributed by atoms with Crippen LogP contribution < -0.4 is 0 Å². The summed E-state index contributed by atoms with van der Waals surface area (Å²) in [6.07, 6.45) is 3.36. The highest BCUT2D eigenvalue weighted by Gasteiger charge is 2.36. The highest BCUT2D eigenvalue weighted by molar-refractivity contribution is 5.96. The van der Waals surface area contributed by atoms with E-state index in [4.69, 9.17) is 4.74 Å². The number of benzene rings is 1. The Kier molecular flexibility index (Phi) is 4.65. The van der Waals surface area contributed by atoms with Gasteiger partial charge in [0.2, 0.25) is 0 Å². The van der Waals surface area contributed by atoms with Gasteiger partial charge in [0.05, 0.1) is 18.9 Å². The Morgan fingerprint density at radius 1 is 1.26 bits per heavy atom. The third-order valence-corrected chi connectivity index (χ3v) is 5.11. The van der Waals surface area contributed by atoms with Crippen molar-refractivity contribution in [3.63, 3.8) is 0 Å². The number of halogens is 1. The van der Waals surface area contributed by atoms with Crippen LogP contribution in [0.15, 0.2) is 24.3 Å². The van der Waals surface area contributed by atoms with E-state index in [0.29, 0.717) is 18.7 Å². The van der Waals surface area contributed by atoms with Gasteiger partial charge in [-0.25, -0.2) is 13.9 Å². The molecular formula is C19H20FN3O4. The van der Waals surface area contributed by atoms with E-state index < -0.39 is 17.9 Å². The van der Waals surface area contributed by atoms with Crippen LogP contribution in [-0.4, -0.2) is 57.5 Å². The van der Waals surface area contributed by atoms with Crippen molar-refractivity contribution < 1.29 is 23.8 Å². The lowest BCUT2D eigenvalue weighted by molar-refractivity contribution is -0.147. The first kappa shape index (κ1) is 17.7. The number of fused-ring (bicyclic) bond motifs is 1. The van der Waals surface area contributed by atoms with E-state index >= 15 is 0 Å². The lowest BCUT2D eigenvalue weighted by Gasteiger charge is -2.32. The third-order valence-electron chi connectivity index (χ3n) is 5.11. The molecule has 0 bridgehead atoms. The molecule has 1 atom stereocenters. The fourth-order valence-electron chi connectivity index (χ4n) is 3.78. The fourth-order valence-corrected chi connectivity index (χ4v) is 3.78. The molecule has 27 heavy (non-hydrogen) atoms. The molecule has 1 aliphatic heterocycles. The lowest BCUT2D eigenvalue weighted by atomic mass is 9.95. The summed E-state index contributed by atoms with van der Waals surface area (Å²) in [5.41, 5.74) is 2.56. The van der Waals surface area contributed by atoms with Crippen molar-refractivity contribution in [1.29, 1.82) is 0 Å².